The first-order valence-corrected chi connectivity index (χ1v) is 10.0. The van der Waals surface area contributed by atoms with E-state index in [1.54, 1.807) is 18.3 Å². The topological polar surface area (TPSA) is 92.9 Å². The molecule has 1 saturated heterocycles. The molecule has 0 spiro atoms. The maximum atomic E-state index is 12.9. The third kappa shape index (κ3) is 4.39. The van der Waals surface area contributed by atoms with E-state index in [0.717, 1.165) is 42.8 Å². The van der Waals surface area contributed by atoms with Gasteiger partial charge in [0.05, 0.1) is 17.0 Å². The summed E-state index contributed by atoms with van der Waals surface area (Å²) >= 11 is 6.07. The van der Waals surface area contributed by atoms with Crippen LogP contribution in [0, 0.1) is 0 Å². The number of carbonyl (C=O) groups is 1. The van der Waals surface area contributed by atoms with Crippen molar-refractivity contribution >= 4 is 29.9 Å². The Balaban J connectivity index is 0.00000256. The van der Waals surface area contributed by atoms with Gasteiger partial charge in [-0.15, -0.1) is 12.4 Å². The number of aromatic nitrogens is 4. The molecule has 9 heteroatoms. The molecule has 2 N–H and O–H groups in total. The number of piperidine rings is 1. The van der Waals surface area contributed by atoms with Crippen molar-refractivity contribution < 1.29 is 9.90 Å². The highest BCUT2D eigenvalue weighted by atomic mass is 35.5. The summed E-state index contributed by atoms with van der Waals surface area (Å²) in [5.41, 5.74) is 3.76. The molecular weight excluding hydrogens is 425 g/mol. The van der Waals surface area contributed by atoms with Gasteiger partial charge in [0.25, 0.3) is 5.91 Å². The van der Waals surface area contributed by atoms with Crippen LogP contribution in [-0.2, 0) is 0 Å². The van der Waals surface area contributed by atoms with Gasteiger partial charge >= 0.3 is 0 Å². The lowest BCUT2D eigenvalue weighted by Crippen LogP contribution is -2.31. The fraction of sp³-hybridized carbons (Fsp3) is 0.333. The fourth-order valence-corrected chi connectivity index (χ4v) is 3.88. The second-order valence-corrected chi connectivity index (χ2v) is 7.60. The quantitative estimate of drug-likeness (QED) is 0.634. The Hall–Kier alpha value is -2.32. The smallest absolute Gasteiger partial charge is 0.275 e. The van der Waals surface area contributed by atoms with Crippen LogP contribution in [0.3, 0.4) is 0 Å². The zero-order valence-corrected chi connectivity index (χ0v) is 18.0. The van der Waals surface area contributed by atoms with E-state index in [4.69, 9.17) is 11.6 Å². The highest BCUT2D eigenvalue weighted by molar-refractivity contribution is 6.30. The van der Waals surface area contributed by atoms with Crippen LogP contribution >= 0.6 is 24.0 Å². The van der Waals surface area contributed by atoms with E-state index in [9.17, 15) is 9.90 Å². The molecule has 1 atom stereocenters. The first kappa shape index (κ1) is 22.4. The molecule has 0 radical (unpaired) electrons. The molecule has 0 aliphatic carbocycles. The molecule has 0 unspecified atom stereocenters. The number of carbonyl (C=O) groups excluding carboxylic acids is 1. The third-order valence-electron chi connectivity index (χ3n) is 5.17. The van der Waals surface area contributed by atoms with Crippen LogP contribution in [0.25, 0.3) is 22.5 Å². The van der Waals surface area contributed by atoms with Gasteiger partial charge in [-0.2, -0.15) is 5.10 Å². The van der Waals surface area contributed by atoms with Crippen LogP contribution in [0.1, 0.15) is 36.2 Å². The number of benzene rings is 1. The van der Waals surface area contributed by atoms with E-state index < -0.39 is 12.0 Å². The van der Waals surface area contributed by atoms with Gasteiger partial charge in [0.15, 0.2) is 0 Å². The molecule has 158 valence electrons. The summed E-state index contributed by atoms with van der Waals surface area (Å²) in [6.45, 7) is 3.18. The normalized spacial score (nSPS) is 15.4. The van der Waals surface area contributed by atoms with Crippen LogP contribution in [0.15, 0.2) is 42.9 Å². The van der Waals surface area contributed by atoms with Crippen molar-refractivity contribution in [2.45, 2.75) is 31.8 Å². The van der Waals surface area contributed by atoms with E-state index in [1.807, 2.05) is 18.2 Å². The van der Waals surface area contributed by atoms with Crippen LogP contribution in [-0.4, -0.2) is 50.0 Å². The lowest BCUT2D eigenvalue weighted by atomic mass is 9.89. The van der Waals surface area contributed by atoms with E-state index in [2.05, 4.69) is 20.4 Å². The number of nitrogens with one attached hydrogen (secondary N) is 1. The average molecular weight is 448 g/mol. The Bertz CT molecular complexity index is 1000. The minimum absolute atomic E-state index is 0. The molecule has 0 amide bonds. The maximum absolute atomic E-state index is 12.9. The number of halogens is 2. The van der Waals surface area contributed by atoms with Crippen molar-refractivity contribution in [2.75, 3.05) is 13.1 Å². The predicted octanol–water partition coefficient (Wildman–Crippen LogP) is 3.57. The molecule has 1 aliphatic heterocycles. The average Bonchev–Trinajstić information content (AvgIpc) is 3.15. The highest BCUT2D eigenvalue weighted by Gasteiger charge is 2.31. The summed E-state index contributed by atoms with van der Waals surface area (Å²) < 4.78 is 1.38. The minimum atomic E-state index is -1.16. The lowest BCUT2D eigenvalue weighted by molar-refractivity contribution is 0.0663. The van der Waals surface area contributed by atoms with Gasteiger partial charge in [-0.05, 0) is 51.1 Å². The fourth-order valence-electron chi connectivity index (χ4n) is 3.75. The van der Waals surface area contributed by atoms with E-state index in [0.29, 0.717) is 16.4 Å². The molecule has 0 bridgehead atoms. The first-order valence-electron chi connectivity index (χ1n) is 9.64. The number of rotatable bonds is 4. The minimum Gasteiger partial charge on any atom is -0.383 e. The van der Waals surface area contributed by atoms with Gasteiger partial charge in [-0.3, -0.25) is 4.79 Å². The van der Waals surface area contributed by atoms with Crippen LogP contribution in [0.2, 0.25) is 5.02 Å². The highest BCUT2D eigenvalue weighted by Crippen LogP contribution is 2.40. The summed E-state index contributed by atoms with van der Waals surface area (Å²) in [5, 5.41) is 18.7. The summed E-state index contributed by atoms with van der Waals surface area (Å²) in [6.07, 6.45) is 3.75. The Morgan fingerprint density at radius 3 is 2.53 bits per heavy atom. The number of hydrogen-bond acceptors (Lipinski definition) is 6. The van der Waals surface area contributed by atoms with Gasteiger partial charge in [0.2, 0.25) is 0 Å². The Morgan fingerprint density at radius 1 is 1.23 bits per heavy atom. The van der Waals surface area contributed by atoms with Gasteiger partial charge < -0.3 is 10.4 Å². The standard InChI is InChI=1S/C21H22ClN5O2.ClH/c1-13(28)21(29)27-20(15-6-9-23-10-7-15)18(17-8-11-24-12-25-17)19(26-27)14-2-4-16(22)5-3-14;/h2-5,8,11-13,15,23,28H,6-7,9-10H2,1H3;1H/t13-;/m0./s1. The Morgan fingerprint density at radius 2 is 1.93 bits per heavy atom. The van der Waals surface area contributed by atoms with Crippen molar-refractivity contribution in [2.24, 2.45) is 0 Å². The number of hydrogen-bond donors (Lipinski definition) is 2. The molecule has 1 fully saturated rings. The van der Waals surface area contributed by atoms with Crippen LogP contribution in [0.4, 0.5) is 0 Å². The zero-order valence-electron chi connectivity index (χ0n) is 16.5. The SMILES string of the molecule is C[C@H](O)C(=O)n1nc(-c2ccc(Cl)cc2)c(-c2ccncn2)c1C1CCNCC1.Cl. The summed E-state index contributed by atoms with van der Waals surface area (Å²) in [4.78, 5) is 21.3. The number of aliphatic hydroxyl groups is 1. The van der Waals surface area contributed by atoms with E-state index in [-0.39, 0.29) is 18.3 Å². The van der Waals surface area contributed by atoms with Crippen molar-refractivity contribution in [1.82, 2.24) is 25.1 Å². The second-order valence-electron chi connectivity index (χ2n) is 7.16. The molecular formula is C21H23Cl2N5O2. The molecule has 1 aliphatic rings. The molecule has 7 nitrogen and oxygen atoms in total. The first-order chi connectivity index (χ1) is 14.1. The molecule has 4 rings (SSSR count). The third-order valence-corrected chi connectivity index (χ3v) is 5.42. The molecule has 0 saturated carbocycles. The van der Waals surface area contributed by atoms with Crippen molar-refractivity contribution in [3.8, 4) is 22.5 Å². The lowest BCUT2D eigenvalue weighted by Gasteiger charge is -2.24. The number of nitrogens with zero attached hydrogens (tertiary/aromatic N) is 4. The number of aliphatic hydroxyl groups excluding tert-OH is 1. The second kappa shape index (κ2) is 9.66. The van der Waals surface area contributed by atoms with Gasteiger partial charge in [-0.25, -0.2) is 14.6 Å². The van der Waals surface area contributed by atoms with Crippen molar-refractivity contribution in [3.63, 3.8) is 0 Å². The van der Waals surface area contributed by atoms with E-state index in [1.165, 1.54) is 17.9 Å². The summed E-state index contributed by atoms with van der Waals surface area (Å²) in [5.74, 6) is -0.327. The molecule has 3 heterocycles. The summed E-state index contributed by atoms with van der Waals surface area (Å²) in [6, 6.07) is 9.15. The van der Waals surface area contributed by atoms with Gasteiger partial charge in [0, 0.05) is 22.7 Å². The van der Waals surface area contributed by atoms with Gasteiger partial charge in [-0.1, -0.05) is 23.7 Å². The maximum Gasteiger partial charge on any atom is 0.275 e. The van der Waals surface area contributed by atoms with Crippen molar-refractivity contribution in [3.05, 3.63) is 53.6 Å². The molecule has 3 aromatic rings. The molecule has 2 aromatic heterocycles. The summed E-state index contributed by atoms with van der Waals surface area (Å²) in [7, 11) is 0. The predicted molar refractivity (Wildman–Crippen MR) is 118 cm³/mol. The van der Waals surface area contributed by atoms with Gasteiger partial charge in [0.1, 0.15) is 18.1 Å². The Labute approximate surface area is 185 Å². The molecule has 30 heavy (non-hydrogen) atoms. The molecule has 1 aromatic carbocycles. The van der Waals surface area contributed by atoms with Crippen LogP contribution in [0.5, 0.6) is 0 Å². The largest absolute Gasteiger partial charge is 0.383 e. The Kier molecular flexibility index (Phi) is 7.20. The van der Waals surface area contributed by atoms with E-state index >= 15 is 0 Å². The monoisotopic (exact) mass is 447 g/mol. The van der Waals surface area contributed by atoms with Crippen LogP contribution < -0.4 is 5.32 Å². The van der Waals surface area contributed by atoms with Crippen molar-refractivity contribution in [1.29, 1.82) is 0 Å². The zero-order chi connectivity index (χ0) is 20.4.